The van der Waals surface area contributed by atoms with E-state index in [1.807, 2.05) is 56.3 Å². The molecule has 1 amide bonds. The molecule has 25 heavy (non-hydrogen) atoms. The maximum absolute atomic E-state index is 12.1. The fourth-order valence-corrected chi connectivity index (χ4v) is 2.59. The van der Waals surface area contributed by atoms with Crippen LogP contribution in [0.2, 0.25) is 0 Å². The van der Waals surface area contributed by atoms with Gasteiger partial charge in [0.2, 0.25) is 5.76 Å². The number of carbonyl (C=O) groups is 2. The Labute approximate surface area is 145 Å². The molecule has 128 valence electrons. The Hall–Kier alpha value is -3.08. The van der Waals surface area contributed by atoms with Gasteiger partial charge in [-0.2, -0.15) is 0 Å². The zero-order valence-corrected chi connectivity index (χ0v) is 14.1. The molecular formula is C20H19NO4. The molecule has 0 saturated carbocycles. The number of ether oxygens (including phenoxy) is 1. The monoisotopic (exact) mass is 337 g/mol. The van der Waals surface area contributed by atoms with E-state index in [4.69, 9.17) is 9.15 Å². The zero-order chi connectivity index (χ0) is 17.8. The fourth-order valence-electron chi connectivity index (χ4n) is 2.59. The Balaban J connectivity index is 1.61. The lowest BCUT2D eigenvalue weighted by atomic mass is 10.0. The van der Waals surface area contributed by atoms with Gasteiger partial charge in [-0.15, -0.1) is 0 Å². The summed E-state index contributed by atoms with van der Waals surface area (Å²) < 4.78 is 10.5. The van der Waals surface area contributed by atoms with Crippen LogP contribution in [0.15, 0.2) is 59.0 Å². The molecule has 5 nitrogen and oxygen atoms in total. The van der Waals surface area contributed by atoms with E-state index in [0.717, 1.165) is 16.6 Å². The van der Waals surface area contributed by atoms with E-state index < -0.39 is 11.9 Å². The highest BCUT2D eigenvalue weighted by Gasteiger charge is 2.16. The Morgan fingerprint density at radius 2 is 1.80 bits per heavy atom. The Bertz CT molecular complexity index is 878. The topological polar surface area (TPSA) is 68.5 Å². The number of hydrogen-bond acceptors (Lipinski definition) is 4. The van der Waals surface area contributed by atoms with Gasteiger partial charge in [-0.05, 0) is 29.7 Å². The molecule has 0 aliphatic carbocycles. The lowest BCUT2D eigenvalue weighted by Crippen LogP contribution is -2.21. The minimum atomic E-state index is -0.663. The van der Waals surface area contributed by atoms with Gasteiger partial charge in [0, 0.05) is 11.1 Å². The van der Waals surface area contributed by atoms with Crippen molar-refractivity contribution < 1.29 is 18.7 Å². The summed E-state index contributed by atoms with van der Waals surface area (Å²) >= 11 is 0. The highest BCUT2D eigenvalue weighted by Crippen LogP contribution is 2.23. The molecule has 0 unspecified atom stereocenters. The van der Waals surface area contributed by atoms with Gasteiger partial charge >= 0.3 is 5.97 Å². The van der Waals surface area contributed by atoms with Crippen molar-refractivity contribution in [1.29, 1.82) is 0 Å². The molecule has 0 atom stereocenters. The van der Waals surface area contributed by atoms with Crippen LogP contribution in [0, 0.1) is 0 Å². The van der Waals surface area contributed by atoms with Gasteiger partial charge in [-0.1, -0.05) is 50.2 Å². The fraction of sp³-hybridized carbons (Fsp3) is 0.200. The summed E-state index contributed by atoms with van der Waals surface area (Å²) in [5.41, 5.74) is 2.35. The molecule has 0 saturated heterocycles. The average molecular weight is 337 g/mol. The van der Waals surface area contributed by atoms with E-state index in [0.29, 0.717) is 5.58 Å². The van der Waals surface area contributed by atoms with Crippen LogP contribution < -0.4 is 5.32 Å². The van der Waals surface area contributed by atoms with E-state index in [-0.39, 0.29) is 18.3 Å². The summed E-state index contributed by atoms with van der Waals surface area (Å²) in [4.78, 5) is 24.1. The van der Waals surface area contributed by atoms with Crippen molar-refractivity contribution in [3.8, 4) is 0 Å². The smallest absolute Gasteiger partial charge is 0.374 e. The molecule has 0 aliphatic heterocycles. The third kappa shape index (κ3) is 3.88. The molecule has 5 heteroatoms. The van der Waals surface area contributed by atoms with E-state index in [9.17, 15) is 9.59 Å². The first-order valence-electron chi connectivity index (χ1n) is 8.09. The highest BCUT2D eigenvalue weighted by molar-refractivity contribution is 5.96. The van der Waals surface area contributed by atoms with Gasteiger partial charge in [0.25, 0.3) is 5.91 Å². The summed E-state index contributed by atoms with van der Waals surface area (Å²) in [7, 11) is 0. The number of fused-ring (bicyclic) bond motifs is 1. The molecule has 3 rings (SSSR count). The van der Waals surface area contributed by atoms with Crippen LogP contribution in [-0.2, 0) is 9.53 Å². The predicted octanol–water partition coefficient (Wildman–Crippen LogP) is 4.35. The van der Waals surface area contributed by atoms with Crippen molar-refractivity contribution in [1.82, 2.24) is 0 Å². The number of benzene rings is 2. The largest absolute Gasteiger partial charge is 0.450 e. The van der Waals surface area contributed by atoms with Gasteiger partial charge in [-0.3, -0.25) is 4.79 Å². The molecule has 1 N–H and O–H groups in total. The molecule has 0 bridgehead atoms. The third-order valence-electron chi connectivity index (χ3n) is 3.82. The van der Waals surface area contributed by atoms with Gasteiger partial charge in [0.05, 0.1) is 0 Å². The summed E-state index contributed by atoms with van der Waals surface area (Å²) in [5, 5.41) is 3.59. The average Bonchev–Trinajstić information content (AvgIpc) is 3.04. The van der Waals surface area contributed by atoms with E-state index >= 15 is 0 Å². The normalized spacial score (nSPS) is 10.8. The maximum Gasteiger partial charge on any atom is 0.374 e. The first-order valence-corrected chi connectivity index (χ1v) is 8.09. The summed E-state index contributed by atoms with van der Waals surface area (Å²) in [6, 6.07) is 16.4. The van der Waals surface area contributed by atoms with Crippen LogP contribution in [0.4, 0.5) is 5.69 Å². The van der Waals surface area contributed by atoms with E-state index in [1.54, 1.807) is 12.1 Å². The molecule has 0 aliphatic rings. The molecular weight excluding hydrogens is 318 g/mol. The Morgan fingerprint density at radius 3 is 2.56 bits per heavy atom. The second-order valence-corrected chi connectivity index (χ2v) is 6.01. The van der Waals surface area contributed by atoms with Crippen LogP contribution in [0.5, 0.6) is 0 Å². The van der Waals surface area contributed by atoms with Crippen LogP contribution in [0.3, 0.4) is 0 Å². The molecule has 3 aromatic rings. The number of para-hydroxylation sites is 2. The van der Waals surface area contributed by atoms with Gasteiger partial charge in [-0.25, -0.2) is 4.79 Å². The number of anilines is 1. The van der Waals surface area contributed by atoms with Crippen molar-refractivity contribution >= 4 is 28.5 Å². The number of rotatable bonds is 5. The molecule has 1 heterocycles. The Morgan fingerprint density at radius 1 is 1.08 bits per heavy atom. The first-order chi connectivity index (χ1) is 12.0. The van der Waals surface area contributed by atoms with Crippen molar-refractivity contribution in [3.63, 3.8) is 0 Å². The Kier molecular flexibility index (Phi) is 4.84. The molecule has 1 aromatic heterocycles. The summed E-state index contributed by atoms with van der Waals surface area (Å²) in [6.07, 6.45) is 0. The standard InChI is InChI=1S/C20H19NO4/c1-13(2)15-8-4-5-9-16(15)21-19(22)12-24-20(23)18-11-14-7-3-6-10-17(14)25-18/h3-11,13H,12H2,1-2H3,(H,21,22). The lowest BCUT2D eigenvalue weighted by molar-refractivity contribution is -0.119. The van der Waals surface area contributed by atoms with Crippen molar-refractivity contribution in [2.45, 2.75) is 19.8 Å². The van der Waals surface area contributed by atoms with Crippen molar-refractivity contribution in [2.24, 2.45) is 0 Å². The molecule has 0 radical (unpaired) electrons. The number of carbonyl (C=O) groups excluding carboxylic acids is 2. The second-order valence-electron chi connectivity index (χ2n) is 6.01. The lowest BCUT2D eigenvalue weighted by Gasteiger charge is -2.13. The van der Waals surface area contributed by atoms with Crippen LogP contribution in [-0.4, -0.2) is 18.5 Å². The number of hydrogen-bond donors (Lipinski definition) is 1. The quantitative estimate of drug-likeness (QED) is 0.703. The number of amides is 1. The third-order valence-corrected chi connectivity index (χ3v) is 3.82. The van der Waals surface area contributed by atoms with E-state index in [1.165, 1.54) is 0 Å². The molecule has 0 spiro atoms. The SMILES string of the molecule is CC(C)c1ccccc1NC(=O)COC(=O)c1cc2ccccc2o1. The first kappa shape index (κ1) is 16.8. The van der Waals surface area contributed by atoms with Crippen molar-refractivity contribution in [2.75, 3.05) is 11.9 Å². The number of esters is 1. The highest BCUT2D eigenvalue weighted by atomic mass is 16.5. The minimum Gasteiger partial charge on any atom is -0.450 e. The zero-order valence-electron chi connectivity index (χ0n) is 14.1. The maximum atomic E-state index is 12.1. The van der Waals surface area contributed by atoms with Crippen LogP contribution in [0.1, 0.15) is 35.9 Å². The summed E-state index contributed by atoms with van der Waals surface area (Å²) in [6.45, 7) is 3.72. The van der Waals surface area contributed by atoms with Crippen molar-refractivity contribution in [3.05, 3.63) is 65.9 Å². The van der Waals surface area contributed by atoms with Gasteiger partial charge in [0.1, 0.15) is 5.58 Å². The summed E-state index contributed by atoms with van der Waals surface area (Å²) in [5.74, 6) is -0.702. The van der Waals surface area contributed by atoms with Gasteiger partial charge < -0.3 is 14.5 Å². The molecule has 2 aromatic carbocycles. The van der Waals surface area contributed by atoms with Crippen LogP contribution in [0.25, 0.3) is 11.0 Å². The second kappa shape index (κ2) is 7.21. The van der Waals surface area contributed by atoms with Crippen LogP contribution >= 0.6 is 0 Å². The number of nitrogens with one attached hydrogen (secondary N) is 1. The number of furan rings is 1. The van der Waals surface area contributed by atoms with E-state index in [2.05, 4.69) is 5.32 Å². The molecule has 0 fully saturated rings. The predicted molar refractivity (Wildman–Crippen MR) is 95.7 cm³/mol. The van der Waals surface area contributed by atoms with Gasteiger partial charge in [0.15, 0.2) is 6.61 Å². The minimum absolute atomic E-state index is 0.0802.